The van der Waals surface area contributed by atoms with Crippen molar-refractivity contribution in [2.24, 2.45) is 0 Å². The molecule has 1 aliphatic carbocycles. The monoisotopic (exact) mass is 354 g/mol. The highest BCUT2D eigenvalue weighted by Gasteiger charge is 2.17. The summed E-state index contributed by atoms with van der Waals surface area (Å²) in [5.41, 5.74) is 2.97. The van der Waals surface area contributed by atoms with E-state index in [-0.39, 0.29) is 5.91 Å². The van der Waals surface area contributed by atoms with Crippen LogP contribution in [0.1, 0.15) is 40.4 Å². The Bertz CT molecular complexity index is 786. The molecule has 0 saturated heterocycles. The molecule has 1 N–H and O–H groups in total. The van der Waals surface area contributed by atoms with E-state index >= 15 is 0 Å². The van der Waals surface area contributed by atoms with Crippen molar-refractivity contribution in [1.29, 1.82) is 0 Å². The topological polar surface area (TPSA) is 51.2 Å². The Hall–Kier alpha value is -2.14. The first-order valence-corrected chi connectivity index (χ1v) is 9.79. The third kappa shape index (κ3) is 3.76. The van der Waals surface area contributed by atoms with E-state index in [2.05, 4.69) is 5.32 Å². The first-order chi connectivity index (χ1) is 12.3. The second-order valence-corrected chi connectivity index (χ2v) is 7.71. The summed E-state index contributed by atoms with van der Waals surface area (Å²) in [6, 6.07) is 7.78. The van der Waals surface area contributed by atoms with E-state index in [4.69, 9.17) is 9.72 Å². The van der Waals surface area contributed by atoms with Gasteiger partial charge in [-0.05, 0) is 44.2 Å². The second-order valence-electron chi connectivity index (χ2n) is 6.54. The van der Waals surface area contributed by atoms with Gasteiger partial charge in [-0.15, -0.1) is 11.3 Å². The van der Waals surface area contributed by atoms with E-state index in [9.17, 15) is 4.79 Å². The maximum Gasteiger partial charge on any atom is 0.250 e. The average molecular weight is 354 g/mol. The molecule has 0 atom stereocenters. The van der Waals surface area contributed by atoms with Crippen LogP contribution < -0.4 is 10.1 Å². The van der Waals surface area contributed by atoms with Crippen molar-refractivity contribution >= 4 is 23.3 Å². The van der Waals surface area contributed by atoms with Crippen molar-refractivity contribution in [3.63, 3.8) is 0 Å². The Kier molecular flexibility index (Phi) is 4.83. The summed E-state index contributed by atoms with van der Waals surface area (Å²) in [6.45, 7) is 1.00. The van der Waals surface area contributed by atoms with Crippen LogP contribution in [0.3, 0.4) is 0 Å². The lowest BCUT2D eigenvalue weighted by molar-refractivity contribution is -0.117. The Morgan fingerprint density at radius 2 is 2.12 bits per heavy atom. The number of carbonyl (C=O) groups is 1. The number of amides is 1. The van der Waals surface area contributed by atoms with Crippen LogP contribution in [0.5, 0.6) is 5.75 Å². The van der Waals surface area contributed by atoms with E-state index in [0.717, 1.165) is 30.6 Å². The predicted octanol–water partition coefficient (Wildman–Crippen LogP) is 3.55. The molecule has 4 nitrogen and oxygen atoms in total. The maximum absolute atomic E-state index is 12.3. The van der Waals surface area contributed by atoms with E-state index in [1.165, 1.54) is 34.8 Å². The zero-order valence-electron chi connectivity index (χ0n) is 14.2. The third-order valence-corrected chi connectivity index (χ3v) is 5.88. The lowest BCUT2D eigenvalue weighted by Crippen LogP contribution is -2.29. The van der Waals surface area contributed by atoms with Crippen molar-refractivity contribution in [3.8, 4) is 5.75 Å². The molecule has 0 bridgehead atoms. The van der Waals surface area contributed by atoms with Crippen LogP contribution >= 0.6 is 11.3 Å². The number of nitrogens with one attached hydrogen (secondary N) is 1. The number of rotatable bonds is 5. The molecule has 0 fully saturated rings. The van der Waals surface area contributed by atoms with Crippen molar-refractivity contribution in [1.82, 2.24) is 10.3 Å². The fourth-order valence-electron chi connectivity index (χ4n) is 3.31. The van der Waals surface area contributed by atoms with Gasteiger partial charge in [-0.1, -0.05) is 18.2 Å². The number of aryl methyl sites for hydroxylation is 3. The molecule has 1 aliphatic heterocycles. The number of carbonyl (C=O) groups excluding carboxylic acids is 1. The van der Waals surface area contributed by atoms with Crippen LogP contribution in [0.15, 0.2) is 29.8 Å². The van der Waals surface area contributed by atoms with Gasteiger partial charge in [0.2, 0.25) is 0 Å². The molecule has 2 aliphatic rings. The van der Waals surface area contributed by atoms with Crippen molar-refractivity contribution in [2.45, 2.75) is 38.5 Å². The number of ether oxygens (including phenoxy) is 1. The number of hydrogen-bond donors (Lipinski definition) is 1. The molecular formula is C20H22N2O2S. The molecular weight excluding hydrogens is 332 g/mol. The molecule has 0 unspecified atom stereocenters. The van der Waals surface area contributed by atoms with Gasteiger partial charge in [0, 0.05) is 23.4 Å². The normalized spacial score (nSPS) is 15.6. The van der Waals surface area contributed by atoms with Crippen LogP contribution in [0, 0.1) is 0 Å². The summed E-state index contributed by atoms with van der Waals surface area (Å²) in [5, 5.41) is 4.22. The highest BCUT2D eigenvalue weighted by atomic mass is 32.1. The quantitative estimate of drug-likeness (QED) is 0.836. The Balaban J connectivity index is 1.27. The summed E-state index contributed by atoms with van der Waals surface area (Å²) in [6.07, 6.45) is 8.68. The van der Waals surface area contributed by atoms with E-state index < -0.39 is 0 Å². The lowest BCUT2D eigenvalue weighted by atomic mass is 10.0. The fourth-order valence-corrected chi connectivity index (χ4v) is 4.51. The Morgan fingerprint density at radius 1 is 1.24 bits per heavy atom. The summed E-state index contributed by atoms with van der Waals surface area (Å²) in [4.78, 5) is 18.5. The number of hydrogen-bond acceptors (Lipinski definition) is 4. The molecule has 0 saturated carbocycles. The second kappa shape index (κ2) is 7.40. The van der Waals surface area contributed by atoms with Gasteiger partial charge in [0.1, 0.15) is 12.4 Å². The van der Waals surface area contributed by atoms with Crippen LogP contribution in [-0.4, -0.2) is 24.0 Å². The van der Waals surface area contributed by atoms with Gasteiger partial charge in [-0.3, -0.25) is 4.79 Å². The van der Waals surface area contributed by atoms with Gasteiger partial charge < -0.3 is 10.1 Å². The van der Waals surface area contributed by atoms with Gasteiger partial charge in [0.15, 0.2) is 0 Å². The molecule has 4 rings (SSSR count). The van der Waals surface area contributed by atoms with Crippen LogP contribution in [0.2, 0.25) is 0 Å². The molecule has 1 aromatic heterocycles. The summed E-state index contributed by atoms with van der Waals surface area (Å²) < 4.78 is 5.64. The maximum atomic E-state index is 12.3. The zero-order valence-corrected chi connectivity index (χ0v) is 15.0. The molecule has 25 heavy (non-hydrogen) atoms. The number of thiazole rings is 1. The molecule has 0 spiro atoms. The highest BCUT2D eigenvalue weighted by Crippen LogP contribution is 2.27. The van der Waals surface area contributed by atoms with Crippen LogP contribution in [0.4, 0.5) is 0 Å². The summed E-state index contributed by atoms with van der Waals surface area (Å²) in [7, 11) is 0. The SMILES string of the molecule is O=C(NCCCc1nc2c(s1)CCCC2)C1=Cc2ccccc2OC1. The van der Waals surface area contributed by atoms with Crippen molar-refractivity contribution in [2.75, 3.05) is 13.2 Å². The average Bonchev–Trinajstić information content (AvgIpc) is 3.07. The number of aromatic nitrogens is 1. The minimum atomic E-state index is -0.0343. The Labute approximate surface area is 151 Å². The number of benzene rings is 1. The highest BCUT2D eigenvalue weighted by molar-refractivity contribution is 7.11. The third-order valence-electron chi connectivity index (χ3n) is 4.67. The fraction of sp³-hybridized carbons (Fsp3) is 0.400. The predicted molar refractivity (Wildman–Crippen MR) is 100 cm³/mol. The molecule has 130 valence electrons. The first-order valence-electron chi connectivity index (χ1n) is 8.97. The minimum absolute atomic E-state index is 0.0343. The number of nitrogens with zero attached hydrogens (tertiary/aromatic N) is 1. The molecule has 1 aromatic carbocycles. The number of fused-ring (bicyclic) bond motifs is 2. The number of para-hydroxylation sites is 1. The summed E-state index contributed by atoms with van der Waals surface area (Å²) in [5.74, 6) is 0.805. The van der Waals surface area contributed by atoms with E-state index in [0.29, 0.717) is 18.7 Å². The van der Waals surface area contributed by atoms with Gasteiger partial charge in [-0.2, -0.15) is 0 Å². The molecule has 0 radical (unpaired) electrons. The Morgan fingerprint density at radius 3 is 3.04 bits per heavy atom. The lowest BCUT2D eigenvalue weighted by Gasteiger charge is -2.17. The summed E-state index contributed by atoms with van der Waals surface area (Å²) >= 11 is 1.86. The largest absolute Gasteiger partial charge is 0.488 e. The molecule has 2 aromatic rings. The van der Waals surface area contributed by atoms with E-state index in [1.54, 1.807) is 0 Å². The van der Waals surface area contributed by atoms with Gasteiger partial charge in [0.05, 0.1) is 16.3 Å². The van der Waals surface area contributed by atoms with Crippen LogP contribution in [-0.2, 0) is 24.1 Å². The van der Waals surface area contributed by atoms with Gasteiger partial charge >= 0.3 is 0 Å². The van der Waals surface area contributed by atoms with E-state index in [1.807, 2.05) is 41.7 Å². The standard InChI is InChI=1S/C20H22N2O2S/c23-20(15-12-14-6-1-3-8-17(14)24-13-15)21-11-5-10-19-22-16-7-2-4-9-18(16)25-19/h1,3,6,8,12H,2,4-5,7,9-11,13H2,(H,21,23). The first kappa shape index (κ1) is 16.3. The van der Waals surface area contributed by atoms with Gasteiger partial charge in [0.25, 0.3) is 5.91 Å². The van der Waals surface area contributed by atoms with Crippen molar-refractivity contribution < 1.29 is 9.53 Å². The molecule has 2 heterocycles. The van der Waals surface area contributed by atoms with Crippen LogP contribution in [0.25, 0.3) is 6.08 Å². The molecule has 5 heteroatoms. The van der Waals surface area contributed by atoms with Crippen molar-refractivity contribution in [3.05, 3.63) is 51.0 Å². The van der Waals surface area contributed by atoms with Gasteiger partial charge in [-0.25, -0.2) is 4.98 Å². The molecule has 1 amide bonds. The zero-order chi connectivity index (χ0) is 17.1. The smallest absolute Gasteiger partial charge is 0.250 e. The minimum Gasteiger partial charge on any atom is -0.488 e.